The third-order valence-corrected chi connectivity index (χ3v) is 13.0. The Balaban J connectivity index is 1.37. The number of fused-ring (bicyclic) bond motifs is 1. The first-order valence-electron chi connectivity index (χ1n) is 21.5. The van der Waals surface area contributed by atoms with Crippen molar-refractivity contribution < 1.29 is 52.3 Å². The maximum Gasteiger partial charge on any atom is 0.410 e. The molecule has 4 heterocycles. The summed E-state index contributed by atoms with van der Waals surface area (Å²) < 4.78 is 51.7. The largest absolute Gasteiger partial charge is 0.458 e. The number of amides is 1. The zero-order valence-electron chi connectivity index (χ0n) is 37.1. The molecule has 0 unspecified atom stereocenters. The van der Waals surface area contributed by atoms with Crippen molar-refractivity contribution in [1.29, 1.82) is 0 Å². The molecule has 4 aliphatic rings. The quantitative estimate of drug-likeness (QED) is 0.178. The number of esters is 1. The van der Waals surface area contributed by atoms with Gasteiger partial charge in [0.2, 0.25) is 0 Å². The highest BCUT2D eigenvalue weighted by Gasteiger charge is 2.60. The van der Waals surface area contributed by atoms with Crippen LogP contribution in [0.3, 0.4) is 0 Å². The van der Waals surface area contributed by atoms with E-state index in [0.29, 0.717) is 43.0 Å². The van der Waals surface area contributed by atoms with Gasteiger partial charge in [0.1, 0.15) is 42.0 Å². The maximum absolute atomic E-state index is 14.6. The van der Waals surface area contributed by atoms with Crippen LogP contribution in [-0.2, 0) is 33.3 Å². The molecule has 332 valence electrons. The maximum atomic E-state index is 14.6. The molecule has 2 aromatic carbocycles. The van der Waals surface area contributed by atoms with Gasteiger partial charge in [-0.25, -0.2) is 9.18 Å². The van der Waals surface area contributed by atoms with E-state index in [9.17, 15) is 23.9 Å². The molecule has 1 N–H and O–H groups in total. The SMILES string of the molecule is CC[C@H]1OC(=O)[C@H](C)C(=O)[C@H](C)[C@@H](O[C@@H]2O[C@H](C)C[C@H](N(C)C)[C@H]2O)[C@@](C)(OCC#Cc2ccc(Oc3cccc(F)c3)cc2)C[C@@H](C)C2=NCCN3C(=O)O[C@@]1(C)[C@H]3[C@H]2C. The van der Waals surface area contributed by atoms with Gasteiger partial charge in [-0.1, -0.05) is 45.6 Å². The Hall–Kier alpha value is -4.39. The number of aliphatic hydroxyl groups is 1. The van der Waals surface area contributed by atoms with E-state index >= 15 is 0 Å². The molecular weight excluding hydrogens is 786 g/mol. The van der Waals surface area contributed by atoms with E-state index in [0.717, 1.165) is 5.71 Å². The second-order valence-corrected chi connectivity index (χ2v) is 17.8. The fourth-order valence-corrected chi connectivity index (χ4v) is 9.86. The normalized spacial score (nSPS) is 35.9. The fraction of sp³-hybridized carbons (Fsp3) is 0.617. The van der Waals surface area contributed by atoms with Crippen LogP contribution in [0.2, 0.25) is 0 Å². The first-order chi connectivity index (χ1) is 28.9. The fourth-order valence-electron chi connectivity index (χ4n) is 9.86. The van der Waals surface area contributed by atoms with Gasteiger partial charge in [0.25, 0.3) is 0 Å². The standard InChI is InChI=1S/C47H62FN3O10/c1-11-37-47(8)41-29(4)38(49-21-22-51(41)45(55)61-47)27(2)26-46(7,56-23-13-14-32-17-19-34(20-18-32)58-35-16-12-15-33(48)25-35)42(30(5)39(52)31(6)43(54)59-37)60-44-40(53)36(50(9)10)24-28(3)57-44/h12,15-20,25,27-31,36-37,40-42,44,53H,11,21-24,26H2,1-10H3/t27-,28-,29+,30+,31-,36+,37-,40-,41-,42-,44+,46+,47-/m1/s1. The number of likely N-dealkylation sites (N-methyl/N-ethyl adjacent to an activating group) is 1. The lowest BCUT2D eigenvalue weighted by atomic mass is 9.73. The van der Waals surface area contributed by atoms with Crippen LogP contribution in [0.4, 0.5) is 9.18 Å². The number of ketones is 1. The highest BCUT2D eigenvalue weighted by atomic mass is 19.1. The molecule has 0 saturated carbocycles. The first-order valence-corrected chi connectivity index (χ1v) is 21.5. The molecule has 0 spiro atoms. The monoisotopic (exact) mass is 847 g/mol. The number of ether oxygens (including phenoxy) is 6. The average Bonchev–Trinajstić information content (AvgIpc) is 3.34. The number of hydrogen-bond acceptors (Lipinski definition) is 12. The highest BCUT2D eigenvalue weighted by molar-refractivity contribution is 6.00. The van der Waals surface area contributed by atoms with Crippen molar-refractivity contribution in [3.05, 3.63) is 59.9 Å². The molecule has 61 heavy (non-hydrogen) atoms. The molecule has 2 bridgehead atoms. The number of carbonyl (C=O) groups excluding carboxylic acids is 3. The molecule has 2 aromatic rings. The van der Waals surface area contributed by atoms with Crippen LogP contribution in [0, 0.1) is 41.3 Å². The van der Waals surface area contributed by atoms with Crippen molar-refractivity contribution in [3.8, 4) is 23.3 Å². The van der Waals surface area contributed by atoms with Crippen molar-refractivity contribution in [2.45, 2.75) is 129 Å². The Kier molecular flexibility index (Phi) is 14.3. The van der Waals surface area contributed by atoms with Gasteiger partial charge in [0, 0.05) is 41.8 Å². The summed E-state index contributed by atoms with van der Waals surface area (Å²) in [5, 5.41) is 11.7. The Morgan fingerprint density at radius 1 is 1.02 bits per heavy atom. The number of rotatable bonds is 8. The third-order valence-electron chi connectivity index (χ3n) is 13.0. The summed E-state index contributed by atoms with van der Waals surface area (Å²) in [5.41, 5.74) is -0.997. The van der Waals surface area contributed by atoms with Gasteiger partial charge in [-0.3, -0.25) is 19.5 Å². The number of cyclic esters (lactones) is 1. The smallest absolute Gasteiger partial charge is 0.410 e. The van der Waals surface area contributed by atoms with Crippen molar-refractivity contribution in [2.24, 2.45) is 28.7 Å². The van der Waals surface area contributed by atoms with Crippen molar-refractivity contribution in [3.63, 3.8) is 0 Å². The predicted molar refractivity (Wildman–Crippen MR) is 226 cm³/mol. The molecule has 1 amide bonds. The molecule has 13 nitrogen and oxygen atoms in total. The Labute approximate surface area is 359 Å². The van der Waals surface area contributed by atoms with Crippen LogP contribution >= 0.6 is 0 Å². The minimum Gasteiger partial charge on any atom is -0.458 e. The predicted octanol–water partition coefficient (Wildman–Crippen LogP) is 6.43. The number of aliphatic hydroxyl groups excluding tert-OH is 1. The molecule has 0 aromatic heterocycles. The zero-order chi connectivity index (χ0) is 44.4. The second kappa shape index (κ2) is 18.9. The van der Waals surface area contributed by atoms with E-state index in [2.05, 4.69) is 11.8 Å². The molecule has 3 saturated heterocycles. The van der Waals surface area contributed by atoms with E-state index in [1.54, 1.807) is 55.1 Å². The minimum atomic E-state index is -1.29. The zero-order valence-corrected chi connectivity index (χ0v) is 37.1. The summed E-state index contributed by atoms with van der Waals surface area (Å²) in [6, 6.07) is 12.1. The summed E-state index contributed by atoms with van der Waals surface area (Å²) in [5.74, 6) is 2.77. The van der Waals surface area contributed by atoms with Gasteiger partial charge >= 0.3 is 12.1 Å². The summed E-state index contributed by atoms with van der Waals surface area (Å²) in [6.07, 6.45) is -3.67. The molecule has 14 heteroatoms. The molecule has 0 aliphatic carbocycles. The van der Waals surface area contributed by atoms with E-state index in [1.165, 1.54) is 19.1 Å². The Bertz CT molecular complexity index is 2000. The van der Waals surface area contributed by atoms with E-state index in [-0.39, 0.29) is 37.0 Å². The number of nitrogens with zero attached hydrogens (tertiary/aromatic N) is 3. The Morgan fingerprint density at radius 3 is 2.41 bits per heavy atom. The molecule has 0 radical (unpaired) electrons. The van der Waals surface area contributed by atoms with Gasteiger partial charge in [0.15, 0.2) is 17.7 Å². The number of benzene rings is 2. The lowest BCUT2D eigenvalue weighted by Crippen LogP contribution is -2.60. The van der Waals surface area contributed by atoms with Crippen LogP contribution in [-0.4, -0.2) is 126 Å². The molecule has 13 atom stereocenters. The lowest BCUT2D eigenvalue weighted by molar-refractivity contribution is -0.296. The van der Waals surface area contributed by atoms with Gasteiger partial charge in [0.05, 0.1) is 30.4 Å². The average molecular weight is 848 g/mol. The molecule has 4 aliphatic heterocycles. The van der Waals surface area contributed by atoms with Crippen LogP contribution in [0.25, 0.3) is 0 Å². The number of Topliss-reactive ketones (excluding diaryl/α,β-unsaturated/α-hetero) is 1. The van der Waals surface area contributed by atoms with Gasteiger partial charge in [-0.2, -0.15) is 0 Å². The number of hydrogen-bond donors (Lipinski definition) is 1. The summed E-state index contributed by atoms with van der Waals surface area (Å²) in [7, 11) is 3.77. The van der Waals surface area contributed by atoms with E-state index < -0.39 is 77.3 Å². The third kappa shape index (κ3) is 9.81. The number of aliphatic imine (C=N–C) groups is 1. The van der Waals surface area contributed by atoms with Crippen LogP contribution in [0.1, 0.15) is 80.2 Å². The van der Waals surface area contributed by atoms with Crippen molar-refractivity contribution in [2.75, 3.05) is 33.8 Å². The molecular formula is C47H62FN3O10. The lowest BCUT2D eigenvalue weighted by Gasteiger charge is -2.47. The van der Waals surface area contributed by atoms with Crippen molar-refractivity contribution >= 4 is 23.6 Å². The second-order valence-electron chi connectivity index (χ2n) is 17.8. The number of halogens is 1. The topological polar surface area (TPSA) is 146 Å². The van der Waals surface area contributed by atoms with E-state index in [1.807, 2.05) is 53.6 Å². The minimum absolute atomic E-state index is 0.0784. The summed E-state index contributed by atoms with van der Waals surface area (Å²) >= 11 is 0. The van der Waals surface area contributed by atoms with Crippen LogP contribution in [0.5, 0.6) is 11.5 Å². The van der Waals surface area contributed by atoms with Gasteiger partial charge in [-0.15, -0.1) is 0 Å². The van der Waals surface area contributed by atoms with Gasteiger partial charge in [-0.05, 0) is 103 Å². The summed E-state index contributed by atoms with van der Waals surface area (Å²) in [6.45, 7) is 15.3. The van der Waals surface area contributed by atoms with Crippen LogP contribution in [0.15, 0.2) is 53.5 Å². The van der Waals surface area contributed by atoms with E-state index in [4.69, 9.17) is 33.4 Å². The van der Waals surface area contributed by atoms with Gasteiger partial charge < -0.3 is 38.4 Å². The van der Waals surface area contributed by atoms with Crippen LogP contribution < -0.4 is 4.74 Å². The Morgan fingerprint density at radius 2 is 1.74 bits per heavy atom. The van der Waals surface area contributed by atoms with Crippen molar-refractivity contribution in [1.82, 2.24) is 9.80 Å². The molecule has 3 fully saturated rings. The molecule has 6 rings (SSSR count). The highest BCUT2D eigenvalue weighted by Crippen LogP contribution is 2.44. The number of carbonyl (C=O) groups is 3. The first kappa shape index (κ1) is 46.1. The summed E-state index contributed by atoms with van der Waals surface area (Å²) in [4.78, 5) is 50.8.